The first-order valence-electron chi connectivity index (χ1n) is 6.21. The zero-order valence-corrected chi connectivity index (χ0v) is 10.5. The first-order valence-corrected chi connectivity index (χ1v) is 6.21. The molecule has 0 aromatic rings. The Morgan fingerprint density at radius 1 is 1.29 bits per heavy atom. The van der Waals surface area contributed by atoms with Gasteiger partial charge in [-0.1, -0.05) is 38.2 Å². The lowest BCUT2D eigenvalue weighted by atomic mass is 9.92. The van der Waals surface area contributed by atoms with Crippen LogP contribution in [0.3, 0.4) is 0 Å². The number of carbonyl (C=O) groups is 2. The number of hydrogen-bond acceptors (Lipinski definition) is 3. The van der Waals surface area contributed by atoms with Crippen LogP contribution in [0.15, 0.2) is 24.3 Å². The zero-order chi connectivity index (χ0) is 12.7. The van der Waals surface area contributed by atoms with Crippen LogP contribution in [0, 0.1) is 11.8 Å². The third-order valence-corrected chi connectivity index (χ3v) is 2.88. The lowest BCUT2D eigenvalue weighted by Gasteiger charge is -2.09. The van der Waals surface area contributed by atoms with Crippen molar-refractivity contribution < 1.29 is 14.3 Å². The van der Waals surface area contributed by atoms with E-state index < -0.39 is 5.97 Å². The second kappa shape index (κ2) is 7.05. The molecule has 0 aromatic carbocycles. The van der Waals surface area contributed by atoms with Crippen LogP contribution in [0.25, 0.3) is 0 Å². The van der Waals surface area contributed by atoms with Crippen LogP contribution in [0.5, 0.6) is 0 Å². The van der Waals surface area contributed by atoms with Gasteiger partial charge in [-0.05, 0) is 25.2 Å². The highest BCUT2D eigenvalue weighted by molar-refractivity contribution is 5.94. The predicted octanol–water partition coefficient (Wildman–Crippen LogP) is 3.01. The van der Waals surface area contributed by atoms with Gasteiger partial charge in [0.1, 0.15) is 0 Å². The van der Waals surface area contributed by atoms with Crippen LogP contribution in [0.2, 0.25) is 0 Å². The highest BCUT2D eigenvalue weighted by Crippen LogP contribution is 2.25. The Kier molecular flexibility index (Phi) is 5.67. The molecule has 1 aliphatic rings. The summed E-state index contributed by atoms with van der Waals surface area (Å²) in [7, 11) is 0. The molecule has 1 saturated heterocycles. The summed E-state index contributed by atoms with van der Waals surface area (Å²) in [6.45, 7) is 4.06. The van der Waals surface area contributed by atoms with E-state index in [1.165, 1.54) is 0 Å². The molecule has 17 heavy (non-hydrogen) atoms. The molecule has 3 heteroatoms. The maximum absolute atomic E-state index is 11.3. The lowest BCUT2D eigenvalue weighted by molar-refractivity contribution is -0.153. The van der Waals surface area contributed by atoms with E-state index in [1.807, 2.05) is 13.0 Å². The average molecular weight is 236 g/mol. The Morgan fingerprint density at radius 3 is 2.59 bits per heavy atom. The normalized spacial score (nSPS) is 22.6. The number of esters is 2. The molecule has 2 atom stereocenters. The van der Waals surface area contributed by atoms with Crippen LogP contribution < -0.4 is 0 Å². The van der Waals surface area contributed by atoms with Gasteiger partial charge < -0.3 is 4.74 Å². The minimum atomic E-state index is -0.397. The van der Waals surface area contributed by atoms with Crippen molar-refractivity contribution in [3.63, 3.8) is 0 Å². The maximum Gasteiger partial charge on any atom is 0.317 e. The van der Waals surface area contributed by atoms with Crippen LogP contribution in [0.1, 0.15) is 39.5 Å². The molecule has 0 saturated carbocycles. The minimum absolute atomic E-state index is 0.0732. The van der Waals surface area contributed by atoms with E-state index in [9.17, 15) is 9.59 Å². The van der Waals surface area contributed by atoms with E-state index in [2.05, 4.69) is 29.9 Å². The highest BCUT2D eigenvalue weighted by atomic mass is 16.6. The summed E-state index contributed by atoms with van der Waals surface area (Å²) >= 11 is 0. The first-order chi connectivity index (χ1) is 8.15. The third-order valence-electron chi connectivity index (χ3n) is 2.88. The Morgan fingerprint density at radius 2 is 2.00 bits per heavy atom. The molecule has 0 aromatic heterocycles. The SMILES string of the molecule is CC/C=C/CC/C=C/C(C)C1CC(=O)OC1=O. The molecular weight excluding hydrogens is 216 g/mol. The molecule has 2 unspecified atom stereocenters. The second-order valence-electron chi connectivity index (χ2n) is 4.35. The molecule has 0 N–H and O–H groups in total. The standard InChI is InChI=1S/C14H20O3/c1-3-4-5-6-7-8-9-11(2)12-10-13(15)17-14(12)16/h4-5,8-9,11-12H,3,6-7,10H2,1-2H3/b5-4+,9-8+. The van der Waals surface area contributed by atoms with Gasteiger partial charge in [0.25, 0.3) is 0 Å². The van der Waals surface area contributed by atoms with Gasteiger partial charge in [0.15, 0.2) is 0 Å². The van der Waals surface area contributed by atoms with Gasteiger partial charge >= 0.3 is 11.9 Å². The molecule has 94 valence electrons. The molecule has 0 bridgehead atoms. The van der Waals surface area contributed by atoms with Crippen molar-refractivity contribution in [2.75, 3.05) is 0 Å². The fourth-order valence-corrected chi connectivity index (χ4v) is 1.81. The van der Waals surface area contributed by atoms with E-state index in [1.54, 1.807) is 0 Å². The van der Waals surface area contributed by atoms with Crippen molar-refractivity contribution in [1.29, 1.82) is 0 Å². The summed E-state index contributed by atoms with van der Waals surface area (Å²) in [4.78, 5) is 22.3. The number of unbranched alkanes of at least 4 members (excludes halogenated alkanes) is 1. The van der Waals surface area contributed by atoms with Crippen LogP contribution >= 0.6 is 0 Å². The van der Waals surface area contributed by atoms with Crippen molar-refractivity contribution in [3.8, 4) is 0 Å². The third kappa shape index (κ3) is 4.55. The molecule has 1 aliphatic heterocycles. The van der Waals surface area contributed by atoms with Crippen molar-refractivity contribution >= 4 is 11.9 Å². The fraction of sp³-hybridized carbons (Fsp3) is 0.571. The summed E-state index contributed by atoms with van der Waals surface area (Å²) in [6.07, 6.45) is 11.6. The minimum Gasteiger partial charge on any atom is -0.393 e. The van der Waals surface area contributed by atoms with Gasteiger partial charge in [-0.25, -0.2) is 0 Å². The number of rotatable bonds is 6. The average Bonchev–Trinajstić information content (AvgIpc) is 2.62. The number of ether oxygens (including phenoxy) is 1. The molecule has 3 nitrogen and oxygen atoms in total. The quantitative estimate of drug-likeness (QED) is 0.308. The molecule has 1 heterocycles. The first kappa shape index (κ1) is 13.7. The largest absolute Gasteiger partial charge is 0.393 e. The predicted molar refractivity (Wildman–Crippen MR) is 66.2 cm³/mol. The Labute approximate surface area is 103 Å². The molecule has 0 aliphatic carbocycles. The highest BCUT2D eigenvalue weighted by Gasteiger charge is 2.36. The summed E-state index contributed by atoms with van der Waals surface area (Å²) in [5, 5.41) is 0. The van der Waals surface area contributed by atoms with Crippen LogP contribution in [0.4, 0.5) is 0 Å². The van der Waals surface area contributed by atoms with E-state index in [0.29, 0.717) is 0 Å². The van der Waals surface area contributed by atoms with Crippen molar-refractivity contribution in [1.82, 2.24) is 0 Å². The molecule has 1 rings (SSSR count). The van der Waals surface area contributed by atoms with E-state index in [4.69, 9.17) is 0 Å². The molecule has 0 amide bonds. The number of hydrogen-bond donors (Lipinski definition) is 0. The van der Waals surface area contributed by atoms with Crippen molar-refractivity contribution in [3.05, 3.63) is 24.3 Å². The Balaban J connectivity index is 2.31. The van der Waals surface area contributed by atoms with Gasteiger partial charge in [-0.2, -0.15) is 0 Å². The topological polar surface area (TPSA) is 43.4 Å². The number of cyclic esters (lactones) is 2. The maximum atomic E-state index is 11.3. The Hall–Kier alpha value is -1.38. The van der Waals surface area contributed by atoms with Gasteiger partial charge in [0.2, 0.25) is 0 Å². The fourth-order valence-electron chi connectivity index (χ4n) is 1.81. The Bertz CT molecular complexity index is 328. The second-order valence-corrected chi connectivity index (χ2v) is 4.35. The molecular formula is C14H20O3. The van der Waals surface area contributed by atoms with Gasteiger partial charge in [0.05, 0.1) is 12.3 Å². The van der Waals surface area contributed by atoms with Crippen molar-refractivity contribution in [2.24, 2.45) is 11.8 Å². The van der Waals surface area contributed by atoms with Crippen LogP contribution in [-0.4, -0.2) is 11.9 Å². The van der Waals surface area contributed by atoms with E-state index in [0.717, 1.165) is 19.3 Å². The van der Waals surface area contributed by atoms with E-state index in [-0.39, 0.29) is 24.2 Å². The van der Waals surface area contributed by atoms with Gasteiger partial charge in [0, 0.05) is 0 Å². The van der Waals surface area contributed by atoms with Crippen LogP contribution in [-0.2, 0) is 14.3 Å². The van der Waals surface area contributed by atoms with Gasteiger partial charge in [-0.3, -0.25) is 9.59 Å². The molecule has 0 spiro atoms. The summed E-state index contributed by atoms with van der Waals surface area (Å²) in [5.41, 5.74) is 0. The lowest BCUT2D eigenvalue weighted by Crippen LogP contribution is -2.14. The van der Waals surface area contributed by atoms with Gasteiger partial charge in [-0.15, -0.1) is 0 Å². The molecule has 0 radical (unpaired) electrons. The summed E-state index contributed by atoms with van der Waals surface area (Å²) in [5.74, 6) is -0.988. The molecule has 1 fully saturated rings. The smallest absolute Gasteiger partial charge is 0.317 e. The van der Waals surface area contributed by atoms with Crippen molar-refractivity contribution in [2.45, 2.75) is 39.5 Å². The number of allylic oxidation sites excluding steroid dienone is 4. The summed E-state index contributed by atoms with van der Waals surface area (Å²) in [6, 6.07) is 0. The van der Waals surface area contributed by atoms with E-state index >= 15 is 0 Å². The summed E-state index contributed by atoms with van der Waals surface area (Å²) < 4.78 is 4.53. The monoisotopic (exact) mass is 236 g/mol. The number of carbonyl (C=O) groups excluding carboxylic acids is 2. The zero-order valence-electron chi connectivity index (χ0n) is 10.5.